The average molecular weight is 533 g/mol. The van der Waals surface area contributed by atoms with Crippen LogP contribution in [0.4, 0.5) is 15.9 Å². The molecule has 0 bridgehead atoms. The SMILES string of the molecule is COc1cc(C)c(N2CCCS/C2=N\N=C\c2ccc(C(N)=NC=Nc3ccc(OF)cc3)cc2)c(C)c1. The summed E-state index contributed by atoms with van der Waals surface area (Å²) in [7, 11) is 1.68. The first-order valence-corrected chi connectivity index (χ1v) is 13.0. The average Bonchev–Trinajstić information content (AvgIpc) is 2.94. The van der Waals surface area contributed by atoms with Crippen LogP contribution in [0.25, 0.3) is 0 Å². The van der Waals surface area contributed by atoms with E-state index in [9.17, 15) is 4.53 Å². The van der Waals surface area contributed by atoms with Gasteiger partial charge in [-0.05, 0) is 73.4 Å². The Morgan fingerprint density at radius 1 is 1.03 bits per heavy atom. The van der Waals surface area contributed by atoms with Gasteiger partial charge in [-0.1, -0.05) is 36.0 Å². The Morgan fingerprint density at radius 2 is 1.74 bits per heavy atom. The molecule has 0 aliphatic carbocycles. The van der Waals surface area contributed by atoms with E-state index in [0.717, 1.165) is 57.6 Å². The first-order chi connectivity index (χ1) is 18.5. The van der Waals surface area contributed by atoms with Gasteiger partial charge in [0.05, 0.1) is 19.0 Å². The van der Waals surface area contributed by atoms with Crippen molar-refractivity contribution in [2.45, 2.75) is 20.3 Å². The van der Waals surface area contributed by atoms with E-state index in [1.165, 1.54) is 18.5 Å². The van der Waals surface area contributed by atoms with Crippen LogP contribution in [0.3, 0.4) is 0 Å². The quantitative estimate of drug-likeness (QED) is 0.219. The monoisotopic (exact) mass is 532 g/mol. The number of anilines is 1. The first-order valence-electron chi connectivity index (χ1n) is 12.0. The molecular formula is C28H29FN6O2S. The van der Waals surface area contributed by atoms with E-state index < -0.39 is 0 Å². The van der Waals surface area contributed by atoms with Gasteiger partial charge in [-0.25, -0.2) is 9.98 Å². The van der Waals surface area contributed by atoms with E-state index in [2.05, 4.69) is 43.9 Å². The van der Waals surface area contributed by atoms with Gasteiger partial charge in [-0.3, -0.25) is 4.94 Å². The molecular weight excluding hydrogens is 503 g/mol. The molecule has 0 radical (unpaired) electrons. The normalized spacial score (nSPS) is 15.5. The number of ether oxygens (including phenoxy) is 1. The number of benzene rings is 3. The van der Waals surface area contributed by atoms with Gasteiger partial charge in [-0.15, -0.1) is 5.10 Å². The summed E-state index contributed by atoms with van der Waals surface area (Å²) in [6.07, 6.45) is 4.15. The minimum absolute atomic E-state index is 0.110. The second kappa shape index (κ2) is 12.9. The van der Waals surface area contributed by atoms with Crippen molar-refractivity contribution in [3.63, 3.8) is 0 Å². The molecule has 1 saturated heterocycles. The number of nitrogens with zero attached hydrogens (tertiary/aromatic N) is 5. The summed E-state index contributed by atoms with van der Waals surface area (Å²) in [4.78, 5) is 14.2. The van der Waals surface area contributed by atoms with Crippen molar-refractivity contribution in [2.75, 3.05) is 24.3 Å². The zero-order valence-electron chi connectivity index (χ0n) is 21.5. The summed E-state index contributed by atoms with van der Waals surface area (Å²) < 4.78 is 17.5. The highest BCUT2D eigenvalue weighted by atomic mass is 32.2. The van der Waals surface area contributed by atoms with Crippen molar-refractivity contribution < 1.29 is 14.2 Å². The number of methoxy groups -OCH3 is 1. The Labute approximate surface area is 225 Å². The highest BCUT2D eigenvalue weighted by Gasteiger charge is 2.22. The lowest BCUT2D eigenvalue weighted by Crippen LogP contribution is -2.35. The van der Waals surface area contributed by atoms with E-state index in [4.69, 9.17) is 10.5 Å². The second-order valence-corrected chi connectivity index (χ2v) is 9.60. The number of aliphatic imine (C=N–C) groups is 2. The number of aryl methyl sites for hydroxylation is 2. The third-order valence-corrected chi connectivity index (χ3v) is 6.90. The topological polar surface area (TPSA) is 97.2 Å². The Bertz CT molecular complexity index is 1350. The van der Waals surface area contributed by atoms with Crippen LogP contribution in [-0.4, -0.2) is 43.0 Å². The molecule has 38 heavy (non-hydrogen) atoms. The van der Waals surface area contributed by atoms with Gasteiger partial charge in [0.15, 0.2) is 10.9 Å². The minimum Gasteiger partial charge on any atom is -0.497 e. The molecule has 8 nitrogen and oxygen atoms in total. The molecule has 0 amide bonds. The first kappa shape index (κ1) is 26.9. The molecule has 1 aliphatic heterocycles. The number of halogens is 1. The molecule has 10 heteroatoms. The number of amidine groups is 2. The largest absolute Gasteiger partial charge is 0.497 e. The molecule has 196 valence electrons. The number of nitrogens with two attached hydrogens (primary N) is 1. The summed E-state index contributed by atoms with van der Waals surface area (Å²) in [6, 6.07) is 17.8. The molecule has 1 aliphatic rings. The summed E-state index contributed by atoms with van der Waals surface area (Å²) >= 11 is 1.71. The Hall–Kier alpha value is -4.18. The molecule has 0 spiro atoms. The Balaban J connectivity index is 1.43. The molecule has 2 N–H and O–H groups in total. The Kier molecular flexibility index (Phi) is 9.10. The molecule has 0 atom stereocenters. The van der Waals surface area contributed by atoms with Gasteiger partial charge in [0.1, 0.15) is 17.9 Å². The van der Waals surface area contributed by atoms with E-state index in [-0.39, 0.29) is 5.75 Å². The summed E-state index contributed by atoms with van der Waals surface area (Å²) in [5.74, 6) is 2.29. The van der Waals surface area contributed by atoms with Gasteiger partial charge >= 0.3 is 0 Å². The maximum Gasteiger partial charge on any atom is 0.190 e. The van der Waals surface area contributed by atoms with Gasteiger partial charge in [0.2, 0.25) is 0 Å². The third kappa shape index (κ3) is 6.77. The maximum atomic E-state index is 12.1. The molecule has 3 aromatic rings. The van der Waals surface area contributed by atoms with Crippen molar-refractivity contribution in [1.82, 2.24) is 0 Å². The zero-order valence-corrected chi connectivity index (χ0v) is 22.3. The van der Waals surface area contributed by atoms with Crippen LogP contribution in [0.1, 0.15) is 28.7 Å². The lowest BCUT2D eigenvalue weighted by molar-refractivity contribution is -0.00618. The van der Waals surface area contributed by atoms with Crippen molar-refractivity contribution in [3.05, 3.63) is 82.9 Å². The van der Waals surface area contributed by atoms with Crippen LogP contribution in [-0.2, 0) is 0 Å². The number of rotatable bonds is 8. The lowest BCUT2D eigenvalue weighted by atomic mass is 10.1. The molecule has 0 aromatic heterocycles. The predicted octanol–water partition coefficient (Wildman–Crippen LogP) is 5.97. The predicted molar refractivity (Wildman–Crippen MR) is 155 cm³/mol. The van der Waals surface area contributed by atoms with Crippen LogP contribution in [0, 0.1) is 13.8 Å². The van der Waals surface area contributed by atoms with Crippen LogP contribution in [0.2, 0.25) is 0 Å². The molecule has 4 rings (SSSR count). The fourth-order valence-corrected chi connectivity index (χ4v) is 4.91. The van der Waals surface area contributed by atoms with Crippen LogP contribution in [0.5, 0.6) is 11.5 Å². The Morgan fingerprint density at radius 3 is 2.39 bits per heavy atom. The van der Waals surface area contributed by atoms with Crippen molar-refractivity contribution in [3.8, 4) is 11.5 Å². The lowest BCUT2D eigenvalue weighted by Gasteiger charge is -2.31. The molecule has 0 saturated carbocycles. The second-order valence-electron chi connectivity index (χ2n) is 8.54. The molecule has 3 aromatic carbocycles. The van der Waals surface area contributed by atoms with Gasteiger partial charge in [0, 0.05) is 28.1 Å². The van der Waals surface area contributed by atoms with E-state index in [0.29, 0.717) is 11.5 Å². The van der Waals surface area contributed by atoms with Crippen LogP contribution < -0.4 is 20.3 Å². The fraction of sp³-hybridized carbons (Fsp3) is 0.214. The summed E-state index contributed by atoms with van der Waals surface area (Å²) in [5.41, 5.74) is 11.8. The number of hydrogen-bond acceptors (Lipinski definition) is 6. The number of thioether (sulfide) groups is 1. The molecule has 1 heterocycles. The van der Waals surface area contributed by atoms with E-state index in [1.807, 2.05) is 36.4 Å². The van der Waals surface area contributed by atoms with Gasteiger partial charge in [-0.2, -0.15) is 5.10 Å². The van der Waals surface area contributed by atoms with Crippen molar-refractivity contribution in [2.24, 2.45) is 25.9 Å². The highest BCUT2D eigenvalue weighted by Crippen LogP contribution is 2.33. The molecule has 0 unspecified atom stereocenters. The fourth-order valence-electron chi connectivity index (χ4n) is 4.01. The van der Waals surface area contributed by atoms with E-state index in [1.54, 1.807) is 37.2 Å². The van der Waals surface area contributed by atoms with Crippen molar-refractivity contribution in [1.29, 1.82) is 0 Å². The standard InChI is InChI=1S/C28H29FN6O2S/c1-19-15-25(36-3)16-20(2)26(19)35-13-4-14-38-28(35)34-33-17-21-5-7-22(8-6-21)27(30)32-18-31-23-9-11-24(37-29)12-10-23/h5-12,15-18H,4,13-14H2,1-3H3,(H2,30,31,32)/b33-17+,34-28-. The smallest absolute Gasteiger partial charge is 0.190 e. The van der Waals surface area contributed by atoms with E-state index >= 15 is 0 Å². The third-order valence-electron chi connectivity index (χ3n) is 5.84. The maximum absolute atomic E-state index is 12.1. The van der Waals surface area contributed by atoms with Crippen LogP contribution >= 0.6 is 11.8 Å². The van der Waals surface area contributed by atoms with Gasteiger partial charge < -0.3 is 15.4 Å². The van der Waals surface area contributed by atoms with Gasteiger partial charge in [0.25, 0.3) is 0 Å². The highest BCUT2D eigenvalue weighted by molar-refractivity contribution is 8.14. The number of hydrogen-bond donors (Lipinski definition) is 1. The minimum atomic E-state index is 0.110. The summed E-state index contributed by atoms with van der Waals surface area (Å²) in [6.45, 7) is 5.07. The van der Waals surface area contributed by atoms with Crippen LogP contribution in [0.15, 0.2) is 80.9 Å². The van der Waals surface area contributed by atoms with Crippen molar-refractivity contribution >= 4 is 46.7 Å². The zero-order chi connectivity index (χ0) is 26.9. The summed E-state index contributed by atoms with van der Waals surface area (Å²) in [5, 5.41) is 9.79. The molecule has 1 fully saturated rings.